The zero-order valence-electron chi connectivity index (χ0n) is 24.9. The first-order valence-corrected chi connectivity index (χ1v) is 15.3. The van der Waals surface area contributed by atoms with E-state index in [0.717, 1.165) is 0 Å². The molecule has 11 heteroatoms. The number of allylic oxidation sites excluding steroid dienone is 1. The molecule has 0 aliphatic carbocycles. The SMILES string of the molecule is C#CCOc1c(Br)cc(/C=c2\sc3n(c2=O)[C@H](c2ccc(OC(C)C)c(OC)c2)C(C(=O)OCC)=C(C)N=3)cc1OCC. The van der Waals surface area contributed by atoms with Crippen LogP contribution in [-0.2, 0) is 9.53 Å². The van der Waals surface area contributed by atoms with Gasteiger partial charge in [0.1, 0.15) is 6.61 Å². The van der Waals surface area contributed by atoms with Crippen molar-refractivity contribution in [2.24, 2.45) is 4.99 Å². The number of aromatic nitrogens is 1. The highest BCUT2D eigenvalue weighted by atomic mass is 79.9. The van der Waals surface area contributed by atoms with E-state index in [9.17, 15) is 9.59 Å². The molecule has 2 heterocycles. The van der Waals surface area contributed by atoms with E-state index in [1.54, 1.807) is 45.2 Å². The van der Waals surface area contributed by atoms with Crippen LogP contribution >= 0.6 is 27.3 Å². The molecule has 0 fully saturated rings. The summed E-state index contributed by atoms with van der Waals surface area (Å²) in [4.78, 5) is 32.4. The van der Waals surface area contributed by atoms with Crippen LogP contribution < -0.4 is 33.8 Å². The third kappa shape index (κ3) is 6.81. The molecule has 0 amide bonds. The maximum absolute atomic E-state index is 14.1. The average Bonchev–Trinajstić information content (AvgIpc) is 3.26. The topological polar surface area (TPSA) is 97.6 Å². The van der Waals surface area contributed by atoms with Crippen LogP contribution in [0.3, 0.4) is 0 Å². The smallest absolute Gasteiger partial charge is 0.338 e. The van der Waals surface area contributed by atoms with Gasteiger partial charge in [0.15, 0.2) is 27.8 Å². The Hall–Kier alpha value is -4.01. The van der Waals surface area contributed by atoms with Gasteiger partial charge in [-0.05, 0) is 92.0 Å². The Labute approximate surface area is 262 Å². The number of carbonyl (C=O) groups is 1. The van der Waals surface area contributed by atoms with Crippen LogP contribution in [0.15, 0.2) is 55.9 Å². The van der Waals surface area contributed by atoms with Gasteiger partial charge in [0.25, 0.3) is 5.56 Å². The summed E-state index contributed by atoms with van der Waals surface area (Å²) < 4.78 is 30.9. The minimum Gasteiger partial charge on any atom is -0.493 e. The van der Waals surface area contributed by atoms with Gasteiger partial charge in [0.2, 0.25) is 0 Å². The van der Waals surface area contributed by atoms with Crippen LogP contribution in [0.1, 0.15) is 51.8 Å². The average molecular weight is 670 g/mol. The largest absolute Gasteiger partial charge is 0.493 e. The van der Waals surface area contributed by atoms with Gasteiger partial charge in [-0.3, -0.25) is 9.36 Å². The Morgan fingerprint density at radius 3 is 2.58 bits per heavy atom. The molecule has 1 aliphatic heterocycles. The molecule has 1 atom stereocenters. The number of esters is 1. The lowest BCUT2D eigenvalue weighted by Gasteiger charge is -2.25. The molecular weight excluding hydrogens is 636 g/mol. The molecule has 0 bridgehead atoms. The first-order chi connectivity index (χ1) is 20.6. The molecule has 0 saturated carbocycles. The van der Waals surface area contributed by atoms with Crippen LogP contribution in [0.25, 0.3) is 6.08 Å². The van der Waals surface area contributed by atoms with Crippen molar-refractivity contribution in [2.45, 2.75) is 46.8 Å². The molecule has 2 aromatic carbocycles. The van der Waals surface area contributed by atoms with Crippen molar-refractivity contribution in [3.8, 4) is 35.3 Å². The Morgan fingerprint density at radius 2 is 1.93 bits per heavy atom. The monoisotopic (exact) mass is 668 g/mol. The van der Waals surface area contributed by atoms with Gasteiger partial charge in [0.05, 0.1) is 52.7 Å². The van der Waals surface area contributed by atoms with Crippen LogP contribution in [0.2, 0.25) is 0 Å². The first-order valence-electron chi connectivity index (χ1n) is 13.7. The number of methoxy groups -OCH3 is 1. The molecule has 0 spiro atoms. The summed E-state index contributed by atoms with van der Waals surface area (Å²) in [6.45, 7) is 9.84. The Kier molecular flexibility index (Phi) is 10.4. The number of terminal acetylenes is 1. The van der Waals surface area contributed by atoms with E-state index in [1.807, 2.05) is 32.9 Å². The van der Waals surface area contributed by atoms with Gasteiger partial charge in [-0.15, -0.1) is 6.42 Å². The number of halogens is 1. The predicted molar refractivity (Wildman–Crippen MR) is 169 cm³/mol. The predicted octanol–water partition coefficient (Wildman–Crippen LogP) is 4.77. The quantitative estimate of drug-likeness (QED) is 0.215. The maximum Gasteiger partial charge on any atom is 0.338 e. The second-order valence-corrected chi connectivity index (χ2v) is 11.5. The van der Waals surface area contributed by atoms with Gasteiger partial charge in [0, 0.05) is 0 Å². The number of hydrogen-bond donors (Lipinski definition) is 0. The lowest BCUT2D eigenvalue weighted by atomic mass is 9.95. The molecule has 226 valence electrons. The van der Waals surface area contributed by atoms with Crippen LogP contribution in [0.5, 0.6) is 23.0 Å². The zero-order valence-corrected chi connectivity index (χ0v) is 27.3. The van der Waals surface area contributed by atoms with E-state index in [0.29, 0.717) is 60.2 Å². The normalized spacial score (nSPS) is 14.6. The second kappa shape index (κ2) is 14.0. The highest BCUT2D eigenvalue weighted by molar-refractivity contribution is 9.10. The molecular formula is C32H33BrN2O7S. The van der Waals surface area contributed by atoms with Crippen LogP contribution in [-0.4, -0.2) is 43.6 Å². The van der Waals surface area contributed by atoms with Gasteiger partial charge >= 0.3 is 5.97 Å². The number of rotatable bonds is 11. The number of fused-ring (bicyclic) bond motifs is 1. The van der Waals surface area contributed by atoms with Crippen molar-refractivity contribution < 1.29 is 28.5 Å². The van der Waals surface area contributed by atoms with E-state index in [-0.39, 0.29) is 30.5 Å². The standard InChI is InChI=1S/C32H33BrN2O7S/c1-8-13-41-29-22(33)14-20(15-25(29)39-9-2)16-26-30(36)35-28(21-11-12-23(42-18(4)5)24(17-21)38-7)27(31(37)40-10-3)19(6)34-32(35)43-26/h1,11-12,14-18,28H,9-10,13H2,2-7H3/b26-16-/t28-/m1/s1. The highest BCUT2D eigenvalue weighted by Crippen LogP contribution is 2.38. The van der Waals surface area contributed by atoms with Crippen LogP contribution in [0.4, 0.5) is 0 Å². The molecule has 4 rings (SSSR count). The maximum atomic E-state index is 14.1. The fourth-order valence-electron chi connectivity index (χ4n) is 4.65. The summed E-state index contributed by atoms with van der Waals surface area (Å²) in [6.07, 6.45) is 7.05. The van der Waals surface area contributed by atoms with Gasteiger partial charge in [-0.25, -0.2) is 9.79 Å². The first kappa shape index (κ1) is 31.9. The van der Waals surface area contributed by atoms with Crippen molar-refractivity contribution in [2.75, 3.05) is 26.9 Å². The van der Waals surface area contributed by atoms with E-state index in [2.05, 4.69) is 26.8 Å². The Balaban J connectivity index is 1.92. The molecule has 1 aromatic heterocycles. The molecule has 43 heavy (non-hydrogen) atoms. The lowest BCUT2D eigenvalue weighted by Crippen LogP contribution is -2.40. The molecule has 3 aromatic rings. The van der Waals surface area contributed by atoms with Crippen molar-refractivity contribution >= 4 is 39.3 Å². The van der Waals surface area contributed by atoms with E-state index < -0.39 is 12.0 Å². The Morgan fingerprint density at radius 1 is 1.16 bits per heavy atom. The second-order valence-electron chi connectivity index (χ2n) is 9.63. The summed E-state index contributed by atoms with van der Waals surface area (Å²) >= 11 is 4.76. The lowest BCUT2D eigenvalue weighted by molar-refractivity contribution is -0.139. The molecule has 0 N–H and O–H groups in total. The molecule has 9 nitrogen and oxygen atoms in total. The number of nitrogens with zero attached hydrogens (tertiary/aromatic N) is 2. The minimum absolute atomic E-state index is 0.0732. The minimum atomic E-state index is -0.801. The fraction of sp³-hybridized carbons (Fsp3) is 0.344. The van der Waals surface area contributed by atoms with E-state index in [4.69, 9.17) is 30.1 Å². The van der Waals surface area contributed by atoms with Crippen molar-refractivity contribution in [1.82, 2.24) is 4.57 Å². The van der Waals surface area contributed by atoms with Crippen LogP contribution in [0, 0.1) is 12.3 Å². The summed E-state index contributed by atoms with van der Waals surface area (Å²) in [7, 11) is 1.54. The zero-order chi connectivity index (χ0) is 31.3. The number of benzene rings is 2. The van der Waals surface area contributed by atoms with Gasteiger partial charge in [-0.1, -0.05) is 23.3 Å². The summed E-state index contributed by atoms with van der Waals surface area (Å²) in [5.74, 6) is 3.90. The molecule has 0 radical (unpaired) electrons. The molecule has 1 aliphatic rings. The van der Waals surface area contributed by atoms with Gasteiger partial charge < -0.3 is 23.7 Å². The third-order valence-electron chi connectivity index (χ3n) is 6.31. The summed E-state index contributed by atoms with van der Waals surface area (Å²) in [5.41, 5.74) is 1.77. The van der Waals surface area contributed by atoms with Crippen molar-refractivity contribution in [3.05, 3.63) is 76.9 Å². The summed E-state index contributed by atoms with van der Waals surface area (Å²) in [5, 5.41) is 0. The van der Waals surface area contributed by atoms with E-state index in [1.165, 1.54) is 15.9 Å². The highest BCUT2D eigenvalue weighted by Gasteiger charge is 2.34. The number of carbonyl (C=O) groups excluding carboxylic acids is 1. The fourth-order valence-corrected chi connectivity index (χ4v) is 6.27. The summed E-state index contributed by atoms with van der Waals surface area (Å²) in [6, 6.07) is 8.17. The number of ether oxygens (including phenoxy) is 5. The van der Waals surface area contributed by atoms with Crippen molar-refractivity contribution in [3.63, 3.8) is 0 Å². The van der Waals surface area contributed by atoms with Gasteiger partial charge in [-0.2, -0.15) is 0 Å². The molecule has 0 saturated heterocycles. The third-order valence-corrected chi connectivity index (χ3v) is 7.88. The number of hydrogen-bond acceptors (Lipinski definition) is 9. The van der Waals surface area contributed by atoms with Crippen molar-refractivity contribution in [1.29, 1.82) is 0 Å². The Bertz CT molecular complexity index is 1780. The number of thiazole rings is 1. The molecule has 0 unspecified atom stereocenters. The van der Waals surface area contributed by atoms with E-state index >= 15 is 0 Å².